The quantitative estimate of drug-likeness (QED) is 0.189. The van der Waals surface area contributed by atoms with E-state index >= 15 is 0 Å². The molecule has 3 aromatic carbocycles. The van der Waals surface area contributed by atoms with Gasteiger partial charge < -0.3 is 18.8 Å². The van der Waals surface area contributed by atoms with Crippen molar-refractivity contribution >= 4 is 16.9 Å². The van der Waals surface area contributed by atoms with E-state index in [4.69, 9.17) is 13.9 Å². The minimum atomic E-state index is -0.540. The molecule has 0 aliphatic carbocycles. The van der Waals surface area contributed by atoms with Crippen molar-refractivity contribution in [3.05, 3.63) is 104 Å². The van der Waals surface area contributed by atoms with Crippen LogP contribution in [0.25, 0.3) is 11.0 Å². The highest BCUT2D eigenvalue weighted by molar-refractivity contribution is 5.99. The highest BCUT2D eigenvalue weighted by atomic mass is 16.5. The van der Waals surface area contributed by atoms with E-state index < -0.39 is 6.04 Å². The first-order valence-electron chi connectivity index (χ1n) is 14.2. The van der Waals surface area contributed by atoms with Gasteiger partial charge in [0.15, 0.2) is 5.43 Å². The Morgan fingerprint density at radius 1 is 0.875 bits per heavy atom. The summed E-state index contributed by atoms with van der Waals surface area (Å²) in [4.78, 5) is 29.5. The molecule has 6 nitrogen and oxygen atoms in total. The average molecular weight is 540 g/mol. The third kappa shape index (κ3) is 5.48. The molecule has 0 saturated heterocycles. The van der Waals surface area contributed by atoms with Crippen molar-refractivity contribution in [1.82, 2.24) is 4.90 Å². The molecule has 1 aromatic heterocycles. The summed E-state index contributed by atoms with van der Waals surface area (Å²) in [6, 6.07) is 18.8. The first kappa shape index (κ1) is 27.5. The maximum atomic E-state index is 13.9. The number of rotatable bonds is 11. The highest BCUT2D eigenvalue weighted by Crippen LogP contribution is 2.39. The van der Waals surface area contributed by atoms with Gasteiger partial charge in [0, 0.05) is 6.54 Å². The first-order valence-corrected chi connectivity index (χ1v) is 14.2. The van der Waals surface area contributed by atoms with Crippen LogP contribution in [0.1, 0.15) is 77.0 Å². The zero-order valence-electron chi connectivity index (χ0n) is 23.8. The van der Waals surface area contributed by atoms with Gasteiger partial charge >= 0.3 is 0 Å². The molecule has 0 spiro atoms. The maximum Gasteiger partial charge on any atom is 0.290 e. The number of amides is 1. The molecular weight excluding hydrogens is 502 g/mol. The summed E-state index contributed by atoms with van der Waals surface area (Å²) in [5, 5.41) is 0.503. The summed E-state index contributed by atoms with van der Waals surface area (Å²) in [5.41, 5.74) is 4.66. The number of hydrogen-bond acceptors (Lipinski definition) is 5. The normalized spacial score (nSPS) is 14.6. The lowest BCUT2D eigenvalue weighted by molar-refractivity contribution is 0.0730. The Hall–Kier alpha value is -4.06. The molecule has 0 bridgehead atoms. The van der Waals surface area contributed by atoms with Crippen molar-refractivity contribution in [2.75, 3.05) is 20.3 Å². The third-order valence-corrected chi connectivity index (χ3v) is 7.84. The van der Waals surface area contributed by atoms with Crippen LogP contribution in [0, 0.1) is 13.8 Å². The Morgan fingerprint density at radius 2 is 1.57 bits per heavy atom. The molecule has 2 heterocycles. The molecule has 0 saturated carbocycles. The second-order valence-electron chi connectivity index (χ2n) is 10.6. The molecule has 208 valence electrons. The maximum absolute atomic E-state index is 13.9. The molecule has 40 heavy (non-hydrogen) atoms. The molecule has 5 rings (SSSR count). The van der Waals surface area contributed by atoms with E-state index in [2.05, 4.69) is 6.92 Å². The third-order valence-electron chi connectivity index (χ3n) is 7.84. The van der Waals surface area contributed by atoms with Crippen LogP contribution in [0.15, 0.2) is 69.9 Å². The van der Waals surface area contributed by atoms with E-state index in [-0.39, 0.29) is 17.1 Å². The summed E-state index contributed by atoms with van der Waals surface area (Å²) in [7, 11) is 1.64. The van der Waals surface area contributed by atoms with Gasteiger partial charge in [-0.05, 0) is 85.3 Å². The number of carbonyl (C=O) groups is 1. The molecule has 6 heteroatoms. The molecule has 1 unspecified atom stereocenters. The lowest BCUT2D eigenvalue weighted by Crippen LogP contribution is -2.31. The van der Waals surface area contributed by atoms with Gasteiger partial charge in [0.1, 0.15) is 17.1 Å². The standard InChI is InChI=1S/C34H37NO5/c1-5-6-7-8-19-39-27-15-11-25(12-16-27)31-30-32(36)28-20-22(2)23(3)21-29(28)40-33(30)34(37)35(31)18-17-24-9-13-26(38-4)14-10-24/h9-16,20-21,31H,5-8,17-19H2,1-4H3. The monoisotopic (exact) mass is 539 g/mol. The van der Waals surface area contributed by atoms with Crippen LogP contribution in [0.2, 0.25) is 0 Å². The number of nitrogens with zero attached hydrogens (tertiary/aromatic N) is 1. The van der Waals surface area contributed by atoms with E-state index in [1.807, 2.05) is 74.5 Å². The van der Waals surface area contributed by atoms with Crippen molar-refractivity contribution in [1.29, 1.82) is 0 Å². The fraction of sp³-hybridized carbons (Fsp3) is 0.353. The Morgan fingerprint density at radius 3 is 2.27 bits per heavy atom. The molecule has 0 radical (unpaired) electrons. The van der Waals surface area contributed by atoms with Crippen LogP contribution in [0.4, 0.5) is 0 Å². The summed E-state index contributed by atoms with van der Waals surface area (Å²) in [5.74, 6) is 1.44. The number of carbonyl (C=O) groups excluding carboxylic acids is 1. The molecule has 1 amide bonds. The van der Waals surface area contributed by atoms with Gasteiger partial charge in [-0.2, -0.15) is 0 Å². The van der Waals surface area contributed by atoms with Gasteiger partial charge in [0.25, 0.3) is 5.91 Å². The number of benzene rings is 3. The van der Waals surface area contributed by atoms with Crippen LogP contribution in [-0.2, 0) is 6.42 Å². The number of methoxy groups -OCH3 is 1. The van der Waals surface area contributed by atoms with Gasteiger partial charge in [0.2, 0.25) is 5.76 Å². The number of ether oxygens (including phenoxy) is 2. The van der Waals surface area contributed by atoms with Gasteiger partial charge in [-0.15, -0.1) is 0 Å². The second kappa shape index (κ2) is 12.0. The molecule has 1 aliphatic heterocycles. The fourth-order valence-electron chi connectivity index (χ4n) is 5.36. The zero-order valence-corrected chi connectivity index (χ0v) is 23.8. The van der Waals surface area contributed by atoms with E-state index in [0.717, 1.165) is 46.6 Å². The van der Waals surface area contributed by atoms with Crippen LogP contribution in [0.3, 0.4) is 0 Å². The van der Waals surface area contributed by atoms with Gasteiger partial charge in [-0.25, -0.2) is 0 Å². The largest absolute Gasteiger partial charge is 0.497 e. The fourth-order valence-corrected chi connectivity index (χ4v) is 5.36. The lowest BCUT2D eigenvalue weighted by atomic mass is 9.97. The van der Waals surface area contributed by atoms with Gasteiger partial charge in [-0.3, -0.25) is 9.59 Å². The molecule has 1 atom stereocenters. The molecule has 0 N–H and O–H groups in total. The Kier molecular flexibility index (Phi) is 8.24. The van der Waals surface area contributed by atoms with Crippen molar-refractivity contribution in [3.63, 3.8) is 0 Å². The van der Waals surface area contributed by atoms with Crippen LogP contribution in [0.5, 0.6) is 11.5 Å². The topological polar surface area (TPSA) is 69.0 Å². The van der Waals surface area contributed by atoms with Crippen molar-refractivity contribution in [2.45, 2.75) is 58.9 Å². The van der Waals surface area contributed by atoms with Crippen molar-refractivity contribution in [2.24, 2.45) is 0 Å². The Bertz CT molecular complexity index is 1550. The van der Waals surface area contributed by atoms with E-state index in [0.29, 0.717) is 36.1 Å². The van der Waals surface area contributed by atoms with Gasteiger partial charge in [0.05, 0.1) is 30.7 Å². The summed E-state index contributed by atoms with van der Waals surface area (Å²) >= 11 is 0. The number of fused-ring (bicyclic) bond motifs is 2. The number of unbranched alkanes of at least 4 members (excludes halogenated alkanes) is 3. The minimum Gasteiger partial charge on any atom is -0.497 e. The number of hydrogen-bond donors (Lipinski definition) is 0. The average Bonchev–Trinajstić information content (AvgIpc) is 3.25. The minimum absolute atomic E-state index is 0.136. The van der Waals surface area contributed by atoms with Gasteiger partial charge in [-0.1, -0.05) is 50.5 Å². The predicted molar refractivity (Wildman–Crippen MR) is 158 cm³/mol. The van der Waals surface area contributed by atoms with Crippen LogP contribution < -0.4 is 14.9 Å². The second-order valence-corrected chi connectivity index (χ2v) is 10.6. The number of aryl methyl sites for hydroxylation is 2. The van der Waals surface area contributed by atoms with Crippen LogP contribution >= 0.6 is 0 Å². The first-order chi connectivity index (χ1) is 19.4. The summed E-state index contributed by atoms with van der Waals surface area (Å²) in [6.45, 7) is 7.25. The molecular formula is C34H37NO5. The molecule has 4 aromatic rings. The van der Waals surface area contributed by atoms with E-state index in [1.165, 1.54) is 12.8 Å². The van der Waals surface area contributed by atoms with E-state index in [1.54, 1.807) is 12.0 Å². The Labute approximate surface area is 235 Å². The zero-order chi connectivity index (χ0) is 28.2. The molecule has 0 fully saturated rings. The summed E-state index contributed by atoms with van der Waals surface area (Å²) in [6.07, 6.45) is 5.20. The smallest absolute Gasteiger partial charge is 0.290 e. The van der Waals surface area contributed by atoms with Crippen molar-refractivity contribution < 1.29 is 18.7 Å². The highest BCUT2D eigenvalue weighted by Gasteiger charge is 2.42. The predicted octanol–water partition coefficient (Wildman–Crippen LogP) is 7.17. The summed E-state index contributed by atoms with van der Waals surface area (Å²) < 4.78 is 17.4. The molecule has 1 aliphatic rings. The van der Waals surface area contributed by atoms with E-state index in [9.17, 15) is 9.59 Å². The van der Waals surface area contributed by atoms with Crippen LogP contribution in [-0.4, -0.2) is 31.1 Å². The SMILES string of the molecule is CCCCCCOc1ccc(C2c3c(oc4cc(C)c(C)cc4c3=O)C(=O)N2CCc2ccc(OC)cc2)cc1. The Balaban J connectivity index is 1.49. The van der Waals surface area contributed by atoms with Crippen molar-refractivity contribution in [3.8, 4) is 11.5 Å². The lowest BCUT2D eigenvalue weighted by Gasteiger charge is -2.25.